The third kappa shape index (κ3) is 3.73. The fraction of sp³-hybridized carbons (Fsp3) is 0.385. The first-order valence-electron chi connectivity index (χ1n) is 5.16. The summed E-state index contributed by atoms with van der Waals surface area (Å²) in [6, 6.07) is 4.51. The molecule has 0 aliphatic rings. The topological polar surface area (TPSA) is 26.0 Å². The molecular weight excluding hydrogens is 189 g/mol. The summed E-state index contributed by atoms with van der Waals surface area (Å²) in [6.45, 7) is 3.92. The first kappa shape index (κ1) is 11.7. The quantitative estimate of drug-likeness (QED) is 0.738. The lowest BCUT2D eigenvalue weighted by atomic mass is 10.1. The largest absolute Gasteiger partial charge is 0.318 e. The van der Waals surface area contributed by atoms with Gasteiger partial charge in [-0.15, -0.1) is 0 Å². The zero-order chi connectivity index (χ0) is 11.3. The molecule has 1 unspecified atom stereocenters. The number of rotatable bonds is 2. The molecule has 15 heavy (non-hydrogen) atoms. The lowest BCUT2D eigenvalue weighted by Gasteiger charge is -2.00. The van der Waals surface area contributed by atoms with E-state index >= 15 is 0 Å². The van der Waals surface area contributed by atoms with Crippen molar-refractivity contribution in [2.75, 3.05) is 0 Å². The maximum absolute atomic E-state index is 12.8. The van der Waals surface area contributed by atoms with E-state index in [0.29, 0.717) is 0 Å². The Hall–Kier alpha value is -1.33. The second kappa shape index (κ2) is 5.53. The predicted octanol–water partition coefficient (Wildman–Crippen LogP) is 2.61. The van der Waals surface area contributed by atoms with E-state index in [2.05, 4.69) is 18.8 Å². The normalized spacial score (nSPS) is 11.7. The minimum atomic E-state index is -0.226. The first-order chi connectivity index (χ1) is 7.13. The Balaban J connectivity index is 2.80. The van der Waals surface area contributed by atoms with Crippen molar-refractivity contribution >= 4 is 0 Å². The van der Waals surface area contributed by atoms with Crippen LogP contribution in [0.4, 0.5) is 4.39 Å². The van der Waals surface area contributed by atoms with Gasteiger partial charge in [-0.05, 0) is 37.1 Å². The second-order valence-electron chi connectivity index (χ2n) is 3.62. The molecule has 0 amide bonds. The Morgan fingerprint density at radius 1 is 1.47 bits per heavy atom. The predicted molar refractivity (Wildman–Crippen MR) is 60.9 cm³/mol. The molecule has 0 saturated carbocycles. The summed E-state index contributed by atoms with van der Waals surface area (Å²) in [6.07, 6.45) is 1.92. The van der Waals surface area contributed by atoms with Crippen molar-refractivity contribution in [3.8, 4) is 11.8 Å². The zero-order valence-corrected chi connectivity index (χ0v) is 9.18. The average molecular weight is 205 g/mol. The monoisotopic (exact) mass is 205 g/mol. The van der Waals surface area contributed by atoms with E-state index in [4.69, 9.17) is 5.73 Å². The van der Waals surface area contributed by atoms with E-state index in [-0.39, 0.29) is 11.9 Å². The number of halogens is 1. The molecule has 0 saturated heterocycles. The fourth-order valence-electron chi connectivity index (χ4n) is 1.32. The van der Waals surface area contributed by atoms with Gasteiger partial charge in [0.05, 0.1) is 6.04 Å². The molecule has 2 N–H and O–H groups in total. The van der Waals surface area contributed by atoms with Gasteiger partial charge in [-0.25, -0.2) is 4.39 Å². The fourth-order valence-corrected chi connectivity index (χ4v) is 1.32. The van der Waals surface area contributed by atoms with Crippen LogP contribution in [0, 0.1) is 24.6 Å². The van der Waals surface area contributed by atoms with E-state index in [0.717, 1.165) is 24.0 Å². The molecule has 0 radical (unpaired) electrons. The Labute approximate surface area is 90.5 Å². The molecule has 0 fully saturated rings. The van der Waals surface area contributed by atoms with Crippen LogP contribution in [0.2, 0.25) is 0 Å². The van der Waals surface area contributed by atoms with Crippen molar-refractivity contribution in [1.82, 2.24) is 0 Å². The minimum absolute atomic E-state index is 0.0838. The van der Waals surface area contributed by atoms with Gasteiger partial charge in [0.2, 0.25) is 0 Å². The number of hydrogen-bond acceptors (Lipinski definition) is 1. The maximum atomic E-state index is 12.8. The van der Waals surface area contributed by atoms with Crippen LogP contribution in [0.3, 0.4) is 0 Å². The summed E-state index contributed by atoms with van der Waals surface area (Å²) in [5, 5.41) is 0. The van der Waals surface area contributed by atoms with Crippen molar-refractivity contribution in [3.05, 3.63) is 35.1 Å². The van der Waals surface area contributed by atoms with Crippen LogP contribution in [0.1, 0.15) is 30.9 Å². The van der Waals surface area contributed by atoms with E-state index in [9.17, 15) is 4.39 Å². The molecule has 0 spiro atoms. The Morgan fingerprint density at radius 2 is 2.20 bits per heavy atom. The second-order valence-corrected chi connectivity index (χ2v) is 3.62. The van der Waals surface area contributed by atoms with Crippen LogP contribution in [-0.4, -0.2) is 6.04 Å². The summed E-state index contributed by atoms with van der Waals surface area (Å²) in [5.74, 6) is 5.72. The molecule has 1 nitrogen and oxygen atoms in total. The van der Waals surface area contributed by atoms with Crippen molar-refractivity contribution in [3.63, 3.8) is 0 Å². The highest BCUT2D eigenvalue weighted by atomic mass is 19.1. The smallest absolute Gasteiger partial charge is 0.123 e. The molecule has 0 aromatic heterocycles. The van der Waals surface area contributed by atoms with E-state index < -0.39 is 0 Å². The molecule has 1 atom stereocenters. The highest BCUT2D eigenvalue weighted by molar-refractivity contribution is 5.41. The van der Waals surface area contributed by atoms with Gasteiger partial charge in [-0.3, -0.25) is 0 Å². The minimum Gasteiger partial charge on any atom is -0.318 e. The number of aryl methyl sites for hydroxylation is 1. The van der Waals surface area contributed by atoms with Gasteiger partial charge in [-0.2, -0.15) is 0 Å². The lowest BCUT2D eigenvalue weighted by molar-refractivity contribution is 0.626. The molecule has 1 aromatic carbocycles. The SMILES string of the molecule is CCCC(N)C#Cc1ccc(F)cc1C. The van der Waals surface area contributed by atoms with Crippen LogP contribution >= 0.6 is 0 Å². The Morgan fingerprint density at radius 3 is 2.80 bits per heavy atom. The van der Waals surface area contributed by atoms with Crippen molar-refractivity contribution in [2.24, 2.45) is 5.73 Å². The molecule has 0 heterocycles. The molecule has 1 aromatic rings. The molecule has 2 heteroatoms. The first-order valence-corrected chi connectivity index (χ1v) is 5.16. The third-order valence-corrected chi connectivity index (χ3v) is 2.18. The summed E-state index contributed by atoms with van der Waals surface area (Å²) < 4.78 is 12.8. The van der Waals surface area contributed by atoms with Gasteiger partial charge in [-0.1, -0.05) is 25.2 Å². The number of nitrogens with two attached hydrogens (primary N) is 1. The van der Waals surface area contributed by atoms with Crippen LogP contribution < -0.4 is 5.73 Å². The average Bonchev–Trinajstić information content (AvgIpc) is 2.17. The van der Waals surface area contributed by atoms with Gasteiger partial charge in [0, 0.05) is 5.56 Å². The van der Waals surface area contributed by atoms with Gasteiger partial charge in [0.1, 0.15) is 5.82 Å². The summed E-state index contributed by atoms with van der Waals surface area (Å²) in [5.41, 5.74) is 7.47. The number of benzene rings is 1. The van der Waals surface area contributed by atoms with E-state index in [1.54, 1.807) is 6.07 Å². The third-order valence-electron chi connectivity index (χ3n) is 2.18. The Kier molecular flexibility index (Phi) is 4.33. The number of hydrogen-bond donors (Lipinski definition) is 1. The van der Waals surface area contributed by atoms with Crippen molar-refractivity contribution in [1.29, 1.82) is 0 Å². The highest BCUT2D eigenvalue weighted by Gasteiger charge is 1.97. The molecular formula is C13H16FN. The molecule has 0 bridgehead atoms. The molecule has 1 rings (SSSR count). The van der Waals surface area contributed by atoms with Crippen LogP contribution in [0.5, 0.6) is 0 Å². The molecule has 80 valence electrons. The molecule has 0 aliphatic carbocycles. The standard InChI is InChI=1S/C13H16FN/c1-3-4-13(15)8-6-11-5-7-12(14)9-10(11)2/h5,7,9,13H,3-4,15H2,1-2H3. The zero-order valence-electron chi connectivity index (χ0n) is 9.18. The van der Waals surface area contributed by atoms with E-state index in [1.807, 2.05) is 6.92 Å². The Bertz CT molecular complexity index is 387. The van der Waals surface area contributed by atoms with Gasteiger partial charge in [0.15, 0.2) is 0 Å². The van der Waals surface area contributed by atoms with Gasteiger partial charge in [0.25, 0.3) is 0 Å². The maximum Gasteiger partial charge on any atom is 0.123 e. The van der Waals surface area contributed by atoms with Crippen molar-refractivity contribution in [2.45, 2.75) is 32.7 Å². The highest BCUT2D eigenvalue weighted by Crippen LogP contribution is 2.08. The van der Waals surface area contributed by atoms with Gasteiger partial charge >= 0.3 is 0 Å². The van der Waals surface area contributed by atoms with Gasteiger partial charge < -0.3 is 5.73 Å². The summed E-state index contributed by atoms with van der Waals surface area (Å²) in [4.78, 5) is 0. The van der Waals surface area contributed by atoms with E-state index in [1.165, 1.54) is 12.1 Å². The summed E-state index contributed by atoms with van der Waals surface area (Å²) in [7, 11) is 0. The van der Waals surface area contributed by atoms with Crippen molar-refractivity contribution < 1.29 is 4.39 Å². The lowest BCUT2D eigenvalue weighted by Crippen LogP contribution is -2.16. The molecule has 0 aliphatic heterocycles. The van der Waals surface area contributed by atoms with Crippen LogP contribution in [-0.2, 0) is 0 Å². The van der Waals surface area contributed by atoms with Crippen LogP contribution in [0.15, 0.2) is 18.2 Å². The van der Waals surface area contributed by atoms with Crippen LogP contribution in [0.25, 0.3) is 0 Å². The summed E-state index contributed by atoms with van der Waals surface area (Å²) >= 11 is 0.